The van der Waals surface area contributed by atoms with Crippen LogP contribution in [0.1, 0.15) is 16.8 Å². The molecule has 0 atom stereocenters. The van der Waals surface area contributed by atoms with E-state index >= 15 is 0 Å². The molecule has 4 nitrogen and oxygen atoms in total. The van der Waals surface area contributed by atoms with Gasteiger partial charge < -0.3 is 14.4 Å². The molecule has 0 aliphatic carbocycles. The fourth-order valence-electron chi connectivity index (χ4n) is 2.68. The van der Waals surface area contributed by atoms with Crippen LogP contribution in [0.2, 0.25) is 0 Å². The third-order valence-electron chi connectivity index (χ3n) is 4.14. The molecule has 0 saturated carbocycles. The molecule has 0 fully saturated rings. The number of aromatic nitrogens is 1. The van der Waals surface area contributed by atoms with Crippen LogP contribution in [0.5, 0.6) is 5.88 Å². The Labute approximate surface area is 142 Å². The first-order valence-corrected chi connectivity index (χ1v) is 8.72. The summed E-state index contributed by atoms with van der Waals surface area (Å²) in [6.45, 7) is 4.22. The molecule has 23 heavy (non-hydrogen) atoms. The standard InChI is InChI=1S/C18H23N3OS/c1-13-4-6-15(7-5-13)23-20-17-12-14-8-10-21(2)11-9-16(14)19-18(17)22-3/h4-7,12,20H,8-11H2,1-3H3. The summed E-state index contributed by atoms with van der Waals surface area (Å²) in [6.07, 6.45) is 2.01. The first kappa shape index (κ1) is 16.1. The maximum absolute atomic E-state index is 5.49. The second kappa shape index (κ2) is 7.23. The number of anilines is 1. The van der Waals surface area contributed by atoms with Gasteiger partial charge in [-0.05, 0) is 56.1 Å². The van der Waals surface area contributed by atoms with Crippen molar-refractivity contribution in [3.63, 3.8) is 0 Å². The van der Waals surface area contributed by atoms with Crippen LogP contribution in [0, 0.1) is 6.92 Å². The molecule has 0 unspecified atom stereocenters. The molecule has 1 aromatic heterocycles. The van der Waals surface area contributed by atoms with E-state index in [9.17, 15) is 0 Å². The van der Waals surface area contributed by atoms with Gasteiger partial charge in [0.05, 0.1) is 7.11 Å². The smallest absolute Gasteiger partial charge is 0.238 e. The Kier molecular flexibility index (Phi) is 5.08. The number of hydrogen-bond acceptors (Lipinski definition) is 5. The Hall–Kier alpha value is -1.72. The molecule has 0 bridgehead atoms. The fraction of sp³-hybridized carbons (Fsp3) is 0.389. The van der Waals surface area contributed by atoms with E-state index in [4.69, 9.17) is 9.72 Å². The molecular weight excluding hydrogens is 306 g/mol. The summed E-state index contributed by atoms with van der Waals surface area (Å²) in [4.78, 5) is 8.25. The number of pyridine rings is 1. The minimum atomic E-state index is 0.674. The Morgan fingerprint density at radius 2 is 1.91 bits per heavy atom. The molecule has 1 aliphatic heterocycles. The quantitative estimate of drug-likeness (QED) is 0.868. The molecule has 2 heterocycles. The number of rotatable bonds is 4. The van der Waals surface area contributed by atoms with Crippen molar-refractivity contribution in [1.29, 1.82) is 0 Å². The van der Waals surface area contributed by atoms with Gasteiger partial charge in [0, 0.05) is 30.1 Å². The minimum Gasteiger partial charge on any atom is -0.479 e. The molecule has 0 amide bonds. The SMILES string of the molecule is COc1nc2c(cc1NSc1ccc(C)cc1)CCN(C)CC2. The molecule has 0 spiro atoms. The van der Waals surface area contributed by atoms with Crippen molar-refractivity contribution >= 4 is 17.6 Å². The zero-order valence-corrected chi connectivity index (χ0v) is 14.7. The van der Waals surface area contributed by atoms with E-state index in [1.807, 2.05) is 0 Å². The van der Waals surface area contributed by atoms with Crippen LogP contribution in [0.25, 0.3) is 0 Å². The van der Waals surface area contributed by atoms with E-state index in [2.05, 4.69) is 53.9 Å². The molecule has 2 aromatic rings. The summed E-state index contributed by atoms with van der Waals surface area (Å²) in [7, 11) is 3.84. The number of aryl methyl sites for hydroxylation is 1. The largest absolute Gasteiger partial charge is 0.479 e. The van der Waals surface area contributed by atoms with Gasteiger partial charge in [-0.15, -0.1) is 0 Å². The number of nitrogens with zero attached hydrogens (tertiary/aromatic N) is 2. The Morgan fingerprint density at radius 1 is 1.17 bits per heavy atom. The molecule has 0 saturated heterocycles. The Morgan fingerprint density at radius 3 is 2.65 bits per heavy atom. The van der Waals surface area contributed by atoms with E-state index in [0.29, 0.717) is 5.88 Å². The van der Waals surface area contributed by atoms with Crippen LogP contribution in [-0.4, -0.2) is 37.1 Å². The number of hydrogen-bond donors (Lipinski definition) is 1. The topological polar surface area (TPSA) is 37.4 Å². The van der Waals surface area contributed by atoms with Gasteiger partial charge in [-0.25, -0.2) is 4.98 Å². The second-order valence-corrected chi connectivity index (χ2v) is 6.85. The minimum absolute atomic E-state index is 0.674. The first-order chi connectivity index (χ1) is 11.2. The highest BCUT2D eigenvalue weighted by molar-refractivity contribution is 8.00. The lowest BCUT2D eigenvalue weighted by atomic mass is 10.1. The van der Waals surface area contributed by atoms with Crippen LogP contribution in [0.15, 0.2) is 35.2 Å². The maximum atomic E-state index is 5.49. The average Bonchev–Trinajstić information content (AvgIpc) is 2.75. The monoisotopic (exact) mass is 329 g/mol. The second-order valence-electron chi connectivity index (χ2n) is 5.97. The number of benzene rings is 1. The number of methoxy groups -OCH3 is 1. The van der Waals surface area contributed by atoms with Crippen molar-refractivity contribution < 1.29 is 4.74 Å². The lowest BCUT2D eigenvalue weighted by Crippen LogP contribution is -2.20. The van der Waals surface area contributed by atoms with Gasteiger partial charge >= 0.3 is 0 Å². The first-order valence-electron chi connectivity index (χ1n) is 7.90. The summed E-state index contributed by atoms with van der Waals surface area (Å²) in [5, 5.41) is 0. The lowest BCUT2D eigenvalue weighted by molar-refractivity contribution is 0.351. The van der Waals surface area contributed by atoms with Gasteiger partial charge in [0.2, 0.25) is 5.88 Å². The Bertz CT molecular complexity index is 673. The molecule has 1 aromatic carbocycles. The number of fused-ring (bicyclic) bond motifs is 1. The third-order valence-corrected chi connectivity index (χ3v) is 4.97. The predicted octanol–water partition coefficient (Wildman–Crippen LogP) is 3.55. The van der Waals surface area contributed by atoms with E-state index in [1.54, 1.807) is 19.1 Å². The molecule has 3 rings (SSSR count). The highest BCUT2D eigenvalue weighted by Crippen LogP contribution is 2.31. The zero-order chi connectivity index (χ0) is 16.2. The maximum Gasteiger partial charge on any atom is 0.238 e. The molecule has 1 aliphatic rings. The fourth-order valence-corrected chi connectivity index (χ4v) is 3.32. The summed E-state index contributed by atoms with van der Waals surface area (Å²) >= 11 is 1.59. The van der Waals surface area contributed by atoms with E-state index in [1.165, 1.54) is 16.0 Å². The van der Waals surface area contributed by atoms with E-state index in [0.717, 1.165) is 37.3 Å². The molecule has 122 valence electrons. The van der Waals surface area contributed by atoms with Gasteiger partial charge in [0.1, 0.15) is 5.69 Å². The van der Waals surface area contributed by atoms with Crippen molar-refractivity contribution in [2.24, 2.45) is 0 Å². The molecular formula is C18H23N3OS. The van der Waals surface area contributed by atoms with Gasteiger partial charge in [-0.1, -0.05) is 17.7 Å². The lowest BCUT2D eigenvalue weighted by Gasteiger charge is -2.13. The highest BCUT2D eigenvalue weighted by Gasteiger charge is 2.16. The molecule has 5 heteroatoms. The van der Waals surface area contributed by atoms with Crippen LogP contribution >= 0.6 is 11.9 Å². The zero-order valence-electron chi connectivity index (χ0n) is 13.9. The Balaban J connectivity index is 1.79. The van der Waals surface area contributed by atoms with Crippen LogP contribution in [0.3, 0.4) is 0 Å². The highest BCUT2D eigenvalue weighted by atomic mass is 32.2. The van der Waals surface area contributed by atoms with Crippen molar-refractivity contribution in [2.45, 2.75) is 24.7 Å². The summed E-state index contributed by atoms with van der Waals surface area (Å²) in [5.74, 6) is 0.674. The van der Waals surface area contributed by atoms with Gasteiger partial charge in [-0.2, -0.15) is 0 Å². The normalized spacial score (nSPS) is 14.9. The molecule has 0 radical (unpaired) electrons. The average molecular weight is 329 g/mol. The van der Waals surface area contributed by atoms with Crippen molar-refractivity contribution in [3.8, 4) is 5.88 Å². The van der Waals surface area contributed by atoms with Gasteiger partial charge in [-0.3, -0.25) is 0 Å². The van der Waals surface area contributed by atoms with Crippen molar-refractivity contribution in [2.75, 3.05) is 32.0 Å². The van der Waals surface area contributed by atoms with Crippen LogP contribution < -0.4 is 9.46 Å². The van der Waals surface area contributed by atoms with Crippen molar-refractivity contribution in [1.82, 2.24) is 9.88 Å². The third kappa shape index (κ3) is 3.98. The number of likely N-dealkylation sites (N-methyl/N-ethyl adjacent to an activating group) is 1. The number of nitrogens with one attached hydrogen (secondary N) is 1. The summed E-state index contributed by atoms with van der Waals surface area (Å²) in [5.41, 5.74) is 4.70. The molecule has 1 N–H and O–H groups in total. The van der Waals surface area contributed by atoms with E-state index < -0.39 is 0 Å². The van der Waals surface area contributed by atoms with E-state index in [-0.39, 0.29) is 0 Å². The predicted molar refractivity (Wildman–Crippen MR) is 96.4 cm³/mol. The van der Waals surface area contributed by atoms with Crippen LogP contribution in [-0.2, 0) is 12.8 Å². The van der Waals surface area contributed by atoms with Gasteiger partial charge in [0.25, 0.3) is 0 Å². The summed E-state index contributed by atoms with van der Waals surface area (Å²) in [6, 6.07) is 10.7. The van der Waals surface area contributed by atoms with Crippen LogP contribution in [0.4, 0.5) is 5.69 Å². The number of ether oxygens (including phenoxy) is 1. The van der Waals surface area contributed by atoms with Gasteiger partial charge in [0.15, 0.2) is 0 Å². The summed E-state index contributed by atoms with van der Waals surface area (Å²) < 4.78 is 8.88. The van der Waals surface area contributed by atoms with Crippen molar-refractivity contribution in [3.05, 3.63) is 47.2 Å².